The third-order valence-corrected chi connectivity index (χ3v) is 5.14. The van der Waals surface area contributed by atoms with Gasteiger partial charge in [-0.15, -0.1) is 0 Å². The van der Waals surface area contributed by atoms with Crippen LogP contribution in [0.4, 0.5) is 0 Å². The van der Waals surface area contributed by atoms with Crippen LogP contribution in [0, 0.1) is 5.92 Å². The first kappa shape index (κ1) is 13.7. The highest BCUT2D eigenvalue weighted by molar-refractivity contribution is 7.89. The molecule has 0 radical (unpaired) electrons. The topological polar surface area (TPSA) is 70.5 Å². The largest absolute Gasteiger partial charge is 0.396 e. The molecule has 7 heteroatoms. The number of halogens is 1. The first-order valence-electron chi connectivity index (χ1n) is 5.76. The van der Waals surface area contributed by atoms with E-state index < -0.39 is 10.0 Å². The van der Waals surface area contributed by atoms with Crippen molar-refractivity contribution in [3.05, 3.63) is 23.5 Å². The summed E-state index contributed by atoms with van der Waals surface area (Å²) in [5.41, 5.74) is 0. The standard InChI is InChI=1S/C11H15ClN2O3S/c12-11-6-10(3-4-13-11)18(16,17)14-5-1-2-9(7-14)8-15/h3-4,6,9,15H,1-2,5,7-8H2. The van der Waals surface area contributed by atoms with Gasteiger partial charge in [0.05, 0.1) is 4.90 Å². The Balaban J connectivity index is 2.25. The van der Waals surface area contributed by atoms with E-state index in [9.17, 15) is 8.42 Å². The van der Waals surface area contributed by atoms with E-state index in [0.717, 1.165) is 12.8 Å². The second-order valence-corrected chi connectivity index (χ2v) is 6.69. The lowest BCUT2D eigenvalue weighted by molar-refractivity contribution is 0.165. The summed E-state index contributed by atoms with van der Waals surface area (Å²) in [4.78, 5) is 3.93. The molecule has 1 unspecified atom stereocenters. The maximum atomic E-state index is 12.4. The van der Waals surface area contributed by atoms with E-state index in [1.54, 1.807) is 0 Å². The van der Waals surface area contributed by atoms with Crippen LogP contribution in [-0.2, 0) is 10.0 Å². The number of sulfonamides is 1. The lowest BCUT2D eigenvalue weighted by Gasteiger charge is -2.30. The smallest absolute Gasteiger partial charge is 0.243 e. The molecular formula is C11H15ClN2O3S. The van der Waals surface area contributed by atoms with Crippen LogP contribution < -0.4 is 0 Å². The summed E-state index contributed by atoms with van der Waals surface area (Å²) in [6.07, 6.45) is 3.01. The van der Waals surface area contributed by atoms with Crippen molar-refractivity contribution in [1.29, 1.82) is 0 Å². The van der Waals surface area contributed by atoms with Gasteiger partial charge in [0.1, 0.15) is 5.15 Å². The number of pyridine rings is 1. The molecule has 2 rings (SSSR count). The fourth-order valence-electron chi connectivity index (χ4n) is 2.09. The van der Waals surface area contributed by atoms with Crippen LogP contribution in [0.3, 0.4) is 0 Å². The molecule has 1 saturated heterocycles. The SMILES string of the molecule is O=S(=O)(c1ccnc(Cl)c1)N1CCCC(CO)C1. The number of aromatic nitrogens is 1. The summed E-state index contributed by atoms with van der Waals surface area (Å²) in [6.45, 7) is 0.862. The van der Waals surface area contributed by atoms with Crippen molar-refractivity contribution in [3.63, 3.8) is 0 Å². The van der Waals surface area contributed by atoms with Crippen molar-refractivity contribution in [1.82, 2.24) is 9.29 Å². The highest BCUT2D eigenvalue weighted by Gasteiger charge is 2.30. The van der Waals surface area contributed by atoms with Gasteiger partial charge < -0.3 is 5.11 Å². The van der Waals surface area contributed by atoms with Crippen LogP contribution in [0.2, 0.25) is 5.15 Å². The summed E-state index contributed by atoms with van der Waals surface area (Å²) >= 11 is 5.71. The van der Waals surface area contributed by atoms with Gasteiger partial charge in [0.25, 0.3) is 0 Å². The minimum Gasteiger partial charge on any atom is -0.396 e. The van der Waals surface area contributed by atoms with Crippen LogP contribution in [0.25, 0.3) is 0 Å². The number of aliphatic hydroxyl groups excluding tert-OH is 1. The Morgan fingerprint density at radius 2 is 2.33 bits per heavy atom. The van der Waals surface area contributed by atoms with E-state index in [2.05, 4.69) is 4.98 Å². The molecule has 2 heterocycles. The Kier molecular flexibility index (Phi) is 4.21. The summed E-state index contributed by atoms with van der Waals surface area (Å²) in [6, 6.07) is 2.78. The zero-order valence-corrected chi connectivity index (χ0v) is 11.4. The van der Waals surface area contributed by atoms with E-state index in [-0.39, 0.29) is 22.6 Å². The van der Waals surface area contributed by atoms with Crippen LogP contribution in [-0.4, -0.2) is 42.5 Å². The zero-order chi connectivity index (χ0) is 13.2. The third-order valence-electron chi connectivity index (χ3n) is 3.08. The Morgan fingerprint density at radius 3 is 3.00 bits per heavy atom. The lowest BCUT2D eigenvalue weighted by Crippen LogP contribution is -2.40. The highest BCUT2D eigenvalue weighted by Crippen LogP contribution is 2.24. The molecule has 5 nitrogen and oxygen atoms in total. The van der Waals surface area contributed by atoms with E-state index in [4.69, 9.17) is 16.7 Å². The molecule has 1 fully saturated rings. The minimum atomic E-state index is -3.53. The monoisotopic (exact) mass is 290 g/mol. The molecule has 0 bridgehead atoms. The van der Waals surface area contributed by atoms with Crippen molar-refractivity contribution >= 4 is 21.6 Å². The van der Waals surface area contributed by atoms with Crippen LogP contribution in [0.15, 0.2) is 23.2 Å². The normalized spacial score (nSPS) is 22.0. The number of hydrogen-bond donors (Lipinski definition) is 1. The van der Waals surface area contributed by atoms with Crippen molar-refractivity contribution < 1.29 is 13.5 Å². The molecule has 0 spiro atoms. The fourth-order valence-corrected chi connectivity index (χ4v) is 3.90. The molecule has 1 N–H and O–H groups in total. The molecule has 0 aromatic carbocycles. The second-order valence-electron chi connectivity index (χ2n) is 4.37. The number of piperidine rings is 1. The van der Waals surface area contributed by atoms with Crippen molar-refractivity contribution in [2.45, 2.75) is 17.7 Å². The number of nitrogens with zero attached hydrogens (tertiary/aromatic N) is 2. The predicted octanol–water partition coefficient (Wildman–Crippen LogP) is 1.13. The quantitative estimate of drug-likeness (QED) is 0.847. The zero-order valence-electron chi connectivity index (χ0n) is 9.79. The molecule has 0 saturated carbocycles. The molecule has 0 aliphatic carbocycles. The fraction of sp³-hybridized carbons (Fsp3) is 0.545. The molecule has 1 aliphatic rings. The van der Waals surface area contributed by atoms with Crippen molar-refractivity contribution in [3.8, 4) is 0 Å². The Morgan fingerprint density at radius 1 is 1.56 bits per heavy atom. The second kappa shape index (κ2) is 5.52. The number of rotatable bonds is 3. The van der Waals surface area contributed by atoms with Crippen LogP contribution >= 0.6 is 11.6 Å². The molecule has 1 atom stereocenters. The number of hydrogen-bond acceptors (Lipinski definition) is 4. The maximum Gasteiger partial charge on any atom is 0.243 e. The summed E-state index contributed by atoms with van der Waals surface area (Å²) < 4.78 is 26.1. The van der Waals surface area contributed by atoms with Gasteiger partial charge in [0.15, 0.2) is 0 Å². The van der Waals surface area contributed by atoms with E-state index >= 15 is 0 Å². The summed E-state index contributed by atoms with van der Waals surface area (Å²) in [5.74, 6) is 0.0193. The molecular weight excluding hydrogens is 276 g/mol. The first-order valence-corrected chi connectivity index (χ1v) is 7.58. The van der Waals surface area contributed by atoms with E-state index in [1.165, 1.54) is 22.6 Å². The summed E-state index contributed by atoms with van der Waals surface area (Å²) in [7, 11) is -3.53. The molecule has 18 heavy (non-hydrogen) atoms. The molecule has 0 amide bonds. The Labute approximate surface area is 111 Å². The van der Waals surface area contributed by atoms with Gasteiger partial charge >= 0.3 is 0 Å². The predicted molar refractivity (Wildman–Crippen MR) is 67.8 cm³/mol. The van der Waals surface area contributed by atoms with E-state index in [0.29, 0.717) is 13.1 Å². The van der Waals surface area contributed by atoms with Gasteiger partial charge in [0.2, 0.25) is 10.0 Å². The van der Waals surface area contributed by atoms with Gasteiger partial charge in [-0.05, 0) is 30.9 Å². The Bertz CT molecular complexity index is 521. The number of aliphatic hydroxyl groups is 1. The maximum absolute atomic E-state index is 12.4. The first-order chi connectivity index (χ1) is 8.54. The molecule has 1 aromatic rings. The Hall–Kier alpha value is -0.690. The summed E-state index contributed by atoms with van der Waals surface area (Å²) in [5, 5.41) is 9.30. The van der Waals surface area contributed by atoms with E-state index in [1.807, 2.05) is 0 Å². The molecule has 100 valence electrons. The minimum absolute atomic E-state index is 0.0170. The van der Waals surface area contributed by atoms with Gasteiger partial charge in [0, 0.05) is 25.9 Å². The van der Waals surface area contributed by atoms with Crippen molar-refractivity contribution in [2.24, 2.45) is 5.92 Å². The lowest BCUT2D eigenvalue weighted by atomic mass is 10.0. The third kappa shape index (κ3) is 2.83. The van der Waals surface area contributed by atoms with Gasteiger partial charge in [-0.3, -0.25) is 0 Å². The van der Waals surface area contributed by atoms with Crippen molar-refractivity contribution in [2.75, 3.05) is 19.7 Å². The van der Waals surface area contributed by atoms with Crippen LogP contribution in [0.5, 0.6) is 0 Å². The molecule has 1 aliphatic heterocycles. The highest BCUT2D eigenvalue weighted by atomic mass is 35.5. The average molecular weight is 291 g/mol. The van der Waals surface area contributed by atoms with Gasteiger partial charge in [-0.25, -0.2) is 13.4 Å². The van der Waals surface area contributed by atoms with Gasteiger partial charge in [-0.2, -0.15) is 4.31 Å². The van der Waals surface area contributed by atoms with Gasteiger partial charge in [-0.1, -0.05) is 11.6 Å². The average Bonchev–Trinajstić information content (AvgIpc) is 2.39. The molecule has 1 aromatic heterocycles. The van der Waals surface area contributed by atoms with Crippen LogP contribution in [0.1, 0.15) is 12.8 Å².